The minimum absolute atomic E-state index is 0.00532. The summed E-state index contributed by atoms with van der Waals surface area (Å²) in [4.78, 5) is 14.1. The fraction of sp³-hybridized carbons (Fsp3) is 0.273. The van der Waals surface area contributed by atoms with E-state index in [1.54, 1.807) is 4.68 Å². The van der Waals surface area contributed by atoms with Crippen molar-refractivity contribution in [3.05, 3.63) is 112 Å². The molecule has 40 heavy (non-hydrogen) atoms. The Morgan fingerprint density at radius 2 is 1.85 bits per heavy atom. The number of hydrogen-bond donors (Lipinski definition) is 0. The number of halogens is 2. The van der Waals surface area contributed by atoms with Gasteiger partial charge in [0.25, 0.3) is 0 Å². The Balaban J connectivity index is 1.66. The minimum atomic E-state index is -0.663. The van der Waals surface area contributed by atoms with Crippen LogP contribution in [0.2, 0.25) is 0 Å². The van der Waals surface area contributed by atoms with Crippen LogP contribution in [-0.2, 0) is 29.4 Å². The fourth-order valence-electron chi connectivity index (χ4n) is 5.59. The monoisotopic (exact) mass is 541 g/mol. The Labute approximate surface area is 233 Å². The highest BCUT2D eigenvalue weighted by Gasteiger charge is 2.34. The number of benzene rings is 3. The number of hydrogen-bond acceptors (Lipinski definition) is 4. The van der Waals surface area contributed by atoms with Crippen molar-refractivity contribution in [1.29, 1.82) is 0 Å². The van der Waals surface area contributed by atoms with Crippen molar-refractivity contribution in [2.75, 3.05) is 25.2 Å². The molecule has 4 aromatic rings. The van der Waals surface area contributed by atoms with E-state index >= 15 is 8.78 Å². The van der Waals surface area contributed by atoms with E-state index in [0.29, 0.717) is 12.1 Å². The zero-order chi connectivity index (χ0) is 28.4. The molecule has 1 aromatic heterocycles. The number of carbonyl (C=O) groups excluding carboxylic acids is 1. The Morgan fingerprint density at radius 3 is 2.50 bits per heavy atom. The van der Waals surface area contributed by atoms with E-state index in [9.17, 15) is 4.79 Å². The largest absolute Gasteiger partial charge is 0.380 e. The van der Waals surface area contributed by atoms with Crippen molar-refractivity contribution in [2.24, 2.45) is 7.05 Å². The molecule has 5 nitrogen and oxygen atoms in total. The van der Waals surface area contributed by atoms with Crippen molar-refractivity contribution >= 4 is 17.5 Å². The van der Waals surface area contributed by atoms with Gasteiger partial charge in [-0.15, -0.1) is 0 Å². The summed E-state index contributed by atoms with van der Waals surface area (Å²) in [5, 5.41) is 4.29. The molecule has 2 heterocycles. The average molecular weight is 542 g/mol. The summed E-state index contributed by atoms with van der Waals surface area (Å²) in [6, 6.07) is 16.1. The fourth-order valence-corrected chi connectivity index (χ4v) is 5.59. The molecule has 3 aromatic carbocycles. The number of rotatable bonds is 8. The van der Waals surface area contributed by atoms with Gasteiger partial charge in [-0.1, -0.05) is 43.3 Å². The third kappa shape index (κ3) is 5.34. The van der Waals surface area contributed by atoms with Crippen molar-refractivity contribution in [3.8, 4) is 11.1 Å². The molecule has 0 radical (unpaired) electrons. The maximum atomic E-state index is 16.0. The number of ether oxygens (including phenoxy) is 1. The second kappa shape index (κ2) is 11.6. The van der Waals surface area contributed by atoms with E-state index in [-0.39, 0.29) is 23.5 Å². The zero-order valence-corrected chi connectivity index (χ0v) is 23.2. The minimum Gasteiger partial charge on any atom is -0.380 e. The lowest BCUT2D eigenvalue weighted by Gasteiger charge is -2.40. The van der Waals surface area contributed by atoms with Crippen LogP contribution in [0.25, 0.3) is 17.2 Å². The van der Waals surface area contributed by atoms with Gasteiger partial charge in [-0.25, -0.2) is 8.78 Å². The van der Waals surface area contributed by atoms with E-state index in [2.05, 4.69) is 29.1 Å². The van der Waals surface area contributed by atoms with Crippen molar-refractivity contribution in [1.82, 2.24) is 9.78 Å². The van der Waals surface area contributed by atoms with E-state index in [1.807, 2.05) is 49.8 Å². The second-order valence-corrected chi connectivity index (χ2v) is 10.2. The molecule has 0 fully saturated rings. The number of aromatic nitrogens is 2. The molecule has 5 rings (SSSR count). The topological polar surface area (TPSA) is 47.4 Å². The standard InChI is InChI=1S/C33H33F2N3O2/c1-5-23-8-6-7-9-31(23)38-13-12-25-17-24(27-18-36-37(3)19-27)10-11-28(25)33(38)32-29(34)15-22(16-30(32)35)14-26(20-40-4)21(2)39/h6-11,14-19,33H,5,12-13,20H2,1-4H3/b26-14-. The number of Topliss-reactive ketones (excluding diaryl/α,β-unsaturated/α-hetero) is 1. The molecule has 0 saturated heterocycles. The Kier molecular flexibility index (Phi) is 7.94. The van der Waals surface area contributed by atoms with Crippen LogP contribution in [0.4, 0.5) is 14.5 Å². The van der Waals surface area contributed by atoms with Gasteiger partial charge in [0.1, 0.15) is 11.6 Å². The lowest BCUT2D eigenvalue weighted by molar-refractivity contribution is -0.114. The predicted octanol–water partition coefficient (Wildman–Crippen LogP) is 6.70. The molecule has 0 aliphatic carbocycles. The summed E-state index contributed by atoms with van der Waals surface area (Å²) in [6.45, 7) is 4.17. The molecule has 7 heteroatoms. The van der Waals surface area contributed by atoms with Gasteiger partial charge in [-0.05, 0) is 71.9 Å². The number of nitrogens with zero attached hydrogens (tertiary/aromatic N) is 3. The number of ketones is 1. The Morgan fingerprint density at radius 1 is 1.10 bits per heavy atom. The highest BCUT2D eigenvalue weighted by Crippen LogP contribution is 2.42. The summed E-state index contributed by atoms with van der Waals surface area (Å²) in [7, 11) is 3.35. The SMILES string of the molecule is CCc1ccccc1N1CCc2cc(-c3cnn(C)c3)ccc2C1c1c(F)cc(/C=C(/COC)C(C)=O)cc1F. The number of fused-ring (bicyclic) bond motifs is 1. The molecule has 0 N–H and O–H groups in total. The maximum absolute atomic E-state index is 16.0. The van der Waals surface area contributed by atoms with Crippen LogP contribution >= 0.6 is 0 Å². The second-order valence-electron chi connectivity index (χ2n) is 10.2. The van der Waals surface area contributed by atoms with E-state index in [1.165, 1.54) is 32.2 Å². The summed E-state index contributed by atoms with van der Waals surface area (Å²) >= 11 is 0. The summed E-state index contributed by atoms with van der Waals surface area (Å²) in [5.74, 6) is -1.51. The smallest absolute Gasteiger partial charge is 0.158 e. The molecule has 1 unspecified atom stereocenters. The number of para-hydroxylation sites is 1. The van der Waals surface area contributed by atoms with Gasteiger partial charge in [-0.3, -0.25) is 9.48 Å². The van der Waals surface area contributed by atoms with Crippen LogP contribution in [0, 0.1) is 11.6 Å². The van der Waals surface area contributed by atoms with Crippen molar-refractivity contribution < 1.29 is 18.3 Å². The first-order chi connectivity index (χ1) is 19.3. The van der Waals surface area contributed by atoms with Gasteiger partial charge < -0.3 is 9.64 Å². The van der Waals surface area contributed by atoms with Crippen LogP contribution in [0.15, 0.2) is 72.6 Å². The van der Waals surface area contributed by atoms with Crippen LogP contribution in [0.5, 0.6) is 0 Å². The number of carbonyl (C=O) groups is 1. The third-order valence-corrected chi connectivity index (χ3v) is 7.56. The quantitative estimate of drug-likeness (QED) is 0.233. The lowest BCUT2D eigenvalue weighted by Crippen LogP contribution is -2.37. The summed E-state index contributed by atoms with van der Waals surface area (Å²) in [5.41, 5.74) is 6.65. The van der Waals surface area contributed by atoms with Crippen LogP contribution in [0.3, 0.4) is 0 Å². The average Bonchev–Trinajstić information content (AvgIpc) is 3.38. The highest BCUT2D eigenvalue weighted by molar-refractivity contribution is 5.98. The first-order valence-electron chi connectivity index (χ1n) is 13.5. The molecule has 1 aliphatic heterocycles. The van der Waals surface area contributed by atoms with Crippen LogP contribution in [0.1, 0.15) is 47.7 Å². The van der Waals surface area contributed by atoms with Crippen LogP contribution in [-0.4, -0.2) is 35.8 Å². The number of methoxy groups -OCH3 is 1. The molecule has 1 atom stereocenters. The molecule has 0 amide bonds. The first kappa shape index (κ1) is 27.5. The zero-order valence-electron chi connectivity index (χ0n) is 23.2. The Bertz CT molecular complexity index is 1570. The molecular formula is C33H33F2N3O2. The molecule has 1 aliphatic rings. The van der Waals surface area contributed by atoms with Crippen molar-refractivity contribution in [3.63, 3.8) is 0 Å². The summed E-state index contributed by atoms with van der Waals surface area (Å²) < 4.78 is 38.9. The normalized spacial score (nSPS) is 15.3. The van der Waals surface area contributed by atoms with Gasteiger partial charge in [0.2, 0.25) is 0 Å². The molecule has 0 saturated carbocycles. The van der Waals surface area contributed by atoms with E-state index in [4.69, 9.17) is 4.74 Å². The van der Waals surface area contributed by atoms with Gasteiger partial charge in [0.05, 0.1) is 24.4 Å². The lowest BCUT2D eigenvalue weighted by atomic mass is 9.85. The molecule has 0 spiro atoms. The van der Waals surface area contributed by atoms with Gasteiger partial charge in [0.15, 0.2) is 5.78 Å². The maximum Gasteiger partial charge on any atom is 0.158 e. The first-order valence-corrected chi connectivity index (χ1v) is 13.5. The van der Waals surface area contributed by atoms with Crippen LogP contribution < -0.4 is 4.90 Å². The van der Waals surface area contributed by atoms with E-state index < -0.39 is 17.7 Å². The van der Waals surface area contributed by atoms with Crippen molar-refractivity contribution in [2.45, 2.75) is 32.7 Å². The van der Waals surface area contributed by atoms with Gasteiger partial charge in [0, 0.05) is 43.7 Å². The van der Waals surface area contributed by atoms with Gasteiger partial charge in [-0.2, -0.15) is 5.10 Å². The van der Waals surface area contributed by atoms with Gasteiger partial charge >= 0.3 is 0 Å². The molecule has 0 bridgehead atoms. The summed E-state index contributed by atoms with van der Waals surface area (Å²) in [6.07, 6.45) is 6.79. The number of anilines is 1. The predicted molar refractivity (Wildman–Crippen MR) is 154 cm³/mol. The number of aryl methyl sites for hydroxylation is 2. The molecule has 206 valence electrons. The molecular weight excluding hydrogens is 508 g/mol. The Hall–Kier alpha value is -4.10. The van der Waals surface area contributed by atoms with E-state index in [0.717, 1.165) is 46.3 Å². The highest BCUT2D eigenvalue weighted by atomic mass is 19.1. The third-order valence-electron chi connectivity index (χ3n) is 7.56.